The molecule has 0 aromatic heterocycles. The molecule has 0 radical (unpaired) electrons. The summed E-state index contributed by atoms with van der Waals surface area (Å²) in [6.45, 7) is 3.40. The van der Waals surface area contributed by atoms with E-state index >= 15 is 0 Å². The van der Waals surface area contributed by atoms with Gasteiger partial charge in [-0.3, -0.25) is 4.79 Å². The molecule has 16 heavy (non-hydrogen) atoms. The van der Waals surface area contributed by atoms with Crippen molar-refractivity contribution >= 4 is 5.91 Å². The van der Waals surface area contributed by atoms with Gasteiger partial charge in [-0.15, -0.1) is 0 Å². The van der Waals surface area contributed by atoms with Crippen molar-refractivity contribution in [3.8, 4) is 5.75 Å². The first-order chi connectivity index (χ1) is 7.79. The zero-order valence-electron chi connectivity index (χ0n) is 9.58. The second-order valence-corrected chi connectivity index (χ2v) is 4.07. The van der Waals surface area contributed by atoms with E-state index in [0.717, 1.165) is 30.8 Å². The van der Waals surface area contributed by atoms with Crippen LogP contribution in [0.1, 0.15) is 30.9 Å². The predicted molar refractivity (Wildman–Crippen MR) is 62.4 cm³/mol. The fourth-order valence-electron chi connectivity index (χ4n) is 1.87. The van der Waals surface area contributed by atoms with Crippen molar-refractivity contribution in [2.75, 3.05) is 6.61 Å². The molecule has 1 aliphatic rings. The van der Waals surface area contributed by atoms with Crippen LogP contribution in [0.15, 0.2) is 18.2 Å². The van der Waals surface area contributed by atoms with Crippen LogP contribution in [0.2, 0.25) is 0 Å². The molecule has 0 atom stereocenters. The van der Waals surface area contributed by atoms with Crippen molar-refractivity contribution in [1.29, 1.82) is 0 Å². The van der Waals surface area contributed by atoms with Gasteiger partial charge in [0.1, 0.15) is 5.75 Å². The Bertz CT molecular complexity index is 388. The van der Waals surface area contributed by atoms with Gasteiger partial charge in [-0.2, -0.15) is 0 Å². The lowest BCUT2D eigenvalue weighted by Crippen LogP contribution is -2.22. The number of nitrogens with one attached hydrogen (secondary N) is 1. The molecular formula is C13H17NO2. The third-order valence-electron chi connectivity index (χ3n) is 2.72. The number of ether oxygens (including phenoxy) is 1. The second-order valence-electron chi connectivity index (χ2n) is 4.07. The van der Waals surface area contributed by atoms with Crippen LogP contribution in [0.4, 0.5) is 0 Å². The van der Waals surface area contributed by atoms with Gasteiger partial charge in [0, 0.05) is 19.4 Å². The lowest BCUT2D eigenvalue weighted by Gasteiger charge is -2.06. The summed E-state index contributed by atoms with van der Waals surface area (Å²) in [5.74, 6) is 1.11. The van der Waals surface area contributed by atoms with E-state index in [1.807, 2.05) is 19.1 Å². The summed E-state index contributed by atoms with van der Waals surface area (Å²) in [6.07, 6.45) is 2.48. The van der Waals surface area contributed by atoms with Gasteiger partial charge in [0.05, 0.1) is 6.61 Å². The van der Waals surface area contributed by atoms with Gasteiger partial charge >= 0.3 is 0 Å². The average Bonchev–Trinajstić information content (AvgIpc) is 2.74. The first kappa shape index (κ1) is 11.0. The van der Waals surface area contributed by atoms with Crippen LogP contribution in [0.5, 0.6) is 5.75 Å². The molecule has 0 spiro atoms. The average molecular weight is 219 g/mol. The summed E-state index contributed by atoms with van der Waals surface area (Å²) in [4.78, 5) is 11.3. The Morgan fingerprint density at radius 1 is 1.50 bits per heavy atom. The third-order valence-corrected chi connectivity index (χ3v) is 2.72. The van der Waals surface area contributed by atoms with E-state index in [9.17, 15) is 4.79 Å². The molecule has 3 nitrogen and oxygen atoms in total. The molecule has 0 bridgehead atoms. The van der Waals surface area contributed by atoms with Crippen molar-refractivity contribution < 1.29 is 9.53 Å². The van der Waals surface area contributed by atoms with Crippen LogP contribution in [-0.4, -0.2) is 12.5 Å². The molecule has 3 heteroatoms. The molecule has 1 heterocycles. The van der Waals surface area contributed by atoms with Crippen LogP contribution in [0.3, 0.4) is 0 Å². The number of amides is 1. The molecule has 1 aliphatic heterocycles. The Balaban J connectivity index is 1.93. The van der Waals surface area contributed by atoms with E-state index < -0.39 is 0 Å². The summed E-state index contributed by atoms with van der Waals surface area (Å²) >= 11 is 0. The highest BCUT2D eigenvalue weighted by atomic mass is 16.5. The minimum atomic E-state index is 0.124. The molecule has 86 valence electrons. The third kappa shape index (κ3) is 2.54. The number of hydrogen-bond acceptors (Lipinski definition) is 2. The second kappa shape index (κ2) is 5.01. The first-order valence-electron chi connectivity index (χ1n) is 5.81. The van der Waals surface area contributed by atoms with Gasteiger partial charge in [-0.1, -0.05) is 19.1 Å². The van der Waals surface area contributed by atoms with E-state index in [0.29, 0.717) is 13.0 Å². The zero-order chi connectivity index (χ0) is 11.4. The molecule has 1 aromatic carbocycles. The lowest BCUT2D eigenvalue weighted by atomic mass is 10.1. The number of rotatable bonds is 4. The Labute approximate surface area is 95.8 Å². The number of benzene rings is 1. The maximum Gasteiger partial charge on any atom is 0.220 e. The fraction of sp³-hybridized carbons (Fsp3) is 0.462. The summed E-state index contributed by atoms with van der Waals surface area (Å²) in [5.41, 5.74) is 2.40. The van der Waals surface area contributed by atoms with E-state index in [2.05, 4.69) is 11.4 Å². The summed E-state index contributed by atoms with van der Waals surface area (Å²) in [6, 6.07) is 6.12. The lowest BCUT2D eigenvalue weighted by molar-refractivity contribution is -0.121. The maximum absolute atomic E-state index is 11.3. The Hall–Kier alpha value is -1.51. The number of hydrogen-bond donors (Lipinski definition) is 1. The van der Waals surface area contributed by atoms with E-state index in [-0.39, 0.29) is 5.91 Å². The quantitative estimate of drug-likeness (QED) is 0.841. The van der Waals surface area contributed by atoms with Gasteiger partial charge < -0.3 is 10.1 Å². The number of carbonyl (C=O) groups excluding carboxylic acids is 1. The fourth-order valence-corrected chi connectivity index (χ4v) is 1.87. The summed E-state index contributed by atoms with van der Waals surface area (Å²) in [7, 11) is 0. The minimum Gasteiger partial charge on any atom is -0.493 e. The van der Waals surface area contributed by atoms with Crippen molar-refractivity contribution in [3.63, 3.8) is 0 Å². The Kier molecular flexibility index (Phi) is 3.44. The standard InChI is InChI=1S/C13H17NO2/c1-2-3-13(15)14-9-10-4-5-12-11(8-10)6-7-16-12/h4-5,8H,2-3,6-7,9H2,1H3,(H,14,15). The molecule has 1 amide bonds. The maximum atomic E-state index is 11.3. The Morgan fingerprint density at radius 3 is 3.19 bits per heavy atom. The smallest absolute Gasteiger partial charge is 0.220 e. The minimum absolute atomic E-state index is 0.124. The highest BCUT2D eigenvalue weighted by Gasteiger charge is 2.11. The highest BCUT2D eigenvalue weighted by Crippen LogP contribution is 2.25. The first-order valence-corrected chi connectivity index (χ1v) is 5.81. The molecule has 0 fully saturated rings. The van der Waals surface area contributed by atoms with Gasteiger partial charge in [0.2, 0.25) is 5.91 Å². The predicted octanol–water partition coefficient (Wildman–Crippen LogP) is 2.04. The normalized spacial score (nSPS) is 13.1. The summed E-state index contributed by atoms with van der Waals surface area (Å²) < 4.78 is 5.43. The number of fused-ring (bicyclic) bond motifs is 1. The Morgan fingerprint density at radius 2 is 2.38 bits per heavy atom. The van der Waals surface area contributed by atoms with E-state index in [1.165, 1.54) is 5.56 Å². The molecular weight excluding hydrogens is 202 g/mol. The van der Waals surface area contributed by atoms with E-state index in [1.54, 1.807) is 0 Å². The molecule has 2 rings (SSSR count). The van der Waals surface area contributed by atoms with E-state index in [4.69, 9.17) is 4.74 Å². The van der Waals surface area contributed by atoms with Crippen LogP contribution in [-0.2, 0) is 17.8 Å². The van der Waals surface area contributed by atoms with Crippen LogP contribution >= 0.6 is 0 Å². The van der Waals surface area contributed by atoms with Gasteiger partial charge in [0.15, 0.2) is 0 Å². The molecule has 1 N–H and O–H groups in total. The van der Waals surface area contributed by atoms with Gasteiger partial charge in [-0.25, -0.2) is 0 Å². The SMILES string of the molecule is CCCC(=O)NCc1ccc2c(c1)CCO2. The van der Waals surface area contributed by atoms with Gasteiger partial charge in [-0.05, 0) is 23.6 Å². The monoisotopic (exact) mass is 219 g/mol. The molecule has 0 saturated carbocycles. The van der Waals surface area contributed by atoms with Crippen molar-refractivity contribution in [3.05, 3.63) is 29.3 Å². The van der Waals surface area contributed by atoms with Crippen molar-refractivity contribution in [1.82, 2.24) is 5.32 Å². The molecule has 1 aromatic rings. The molecule has 0 saturated heterocycles. The van der Waals surface area contributed by atoms with Crippen LogP contribution in [0.25, 0.3) is 0 Å². The zero-order valence-corrected chi connectivity index (χ0v) is 9.58. The van der Waals surface area contributed by atoms with Crippen molar-refractivity contribution in [2.45, 2.75) is 32.7 Å². The highest BCUT2D eigenvalue weighted by molar-refractivity contribution is 5.75. The number of carbonyl (C=O) groups is 1. The van der Waals surface area contributed by atoms with Gasteiger partial charge in [0.25, 0.3) is 0 Å². The summed E-state index contributed by atoms with van der Waals surface area (Å²) in [5, 5.41) is 2.91. The van der Waals surface area contributed by atoms with Crippen molar-refractivity contribution in [2.24, 2.45) is 0 Å². The van der Waals surface area contributed by atoms with Crippen LogP contribution in [0, 0.1) is 0 Å². The molecule has 0 unspecified atom stereocenters. The van der Waals surface area contributed by atoms with Crippen LogP contribution < -0.4 is 10.1 Å². The topological polar surface area (TPSA) is 38.3 Å². The largest absolute Gasteiger partial charge is 0.493 e. The molecule has 0 aliphatic carbocycles.